The van der Waals surface area contributed by atoms with Crippen LogP contribution < -0.4 is 5.32 Å². The summed E-state index contributed by atoms with van der Waals surface area (Å²) in [7, 11) is 0. The van der Waals surface area contributed by atoms with Crippen molar-refractivity contribution in [2.75, 3.05) is 32.9 Å². The largest absolute Gasteiger partial charge is 0.479 e. The zero-order chi connectivity index (χ0) is 18.7. The van der Waals surface area contributed by atoms with Gasteiger partial charge >= 0.3 is 5.97 Å². The van der Waals surface area contributed by atoms with E-state index in [0.717, 1.165) is 5.56 Å². The van der Waals surface area contributed by atoms with E-state index in [-0.39, 0.29) is 18.9 Å². The zero-order valence-corrected chi connectivity index (χ0v) is 14.7. The summed E-state index contributed by atoms with van der Waals surface area (Å²) >= 11 is 5.88. The molecule has 1 aromatic rings. The Morgan fingerprint density at radius 1 is 1.23 bits per heavy atom. The molecule has 2 saturated heterocycles. The summed E-state index contributed by atoms with van der Waals surface area (Å²) in [4.78, 5) is 38.1. The average Bonchev–Trinajstić information content (AvgIpc) is 3.45. The molecule has 26 heavy (non-hydrogen) atoms. The Morgan fingerprint density at radius 2 is 1.85 bits per heavy atom. The zero-order valence-electron chi connectivity index (χ0n) is 13.9. The van der Waals surface area contributed by atoms with Gasteiger partial charge in [0, 0.05) is 24.5 Å². The monoisotopic (exact) mass is 382 g/mol. The first-order valence-corrected chi connectivity index (χ1v) is 8.59. The molecule has 2 atom stereocenters. The van der Waals surface area contributed by atoms with Gasteiger partial charge in [-0.25, -0.2) is 4.79 Å². The molecule has 0 aromatic heterocycles. The number of carbonyl (C=O) groups excluding carboxylic acids is 2. The number of morpholine rings is 1. The lowest BCUT2D eigenvalue weighted by Gasteiger charge is -2.31. The lowest BCUT2D eigenvalue weighted by atomic mass is 10.0. The molecule has 0 bridgehead atoms. The minimum atomic E-state index is -1.89. The lowest BCUT2D eigenvalue weighted by Crippen LogP contribution is -2.56. The summed E-state index contributed by atoms with van der Waals surface area (Å²) in [6, 6.07) is 6.00. The number of nitrogens with zero attached hydrogens (tertiary/aromatic N) is 1. The number of hydrogen-bond donors (Lipinski definition) is 2. The first kappa shape index (κ1) is 18.6. The van der Waals surface area contributed by atoms with E-state index in [2.05, 4.69) is 5.32 Å². The number of carbonyl (C=O) groups is 3. The SMILES string of the molecule is O=C([C@H](Cc1ccc(Cl)cc1)NC(=O)[C@]1(C(=O)O)CO1)N1CCOCC1. The van der Waals surface area contributed by atoms with Crippen LogP contribution in [0.1, 0.15) is 5.56 Å². The summed E-state index contributed by atoms with van der Waals surface area (Å²) in [6.07, 6.45) is 0.217. The van der Waals surface area contributed by atoms with Crippen molar-refractivity contribution in [1.29, 1.82) is 0 Å². The van der Waals surface area contributed by atoms with Gasteiger partial charge in [-0.05, 0) is 17.7 Å². The van der Waals surface area contributed by atoms with Gasteiger partial charge in [-0.2, -0.15) is 0 Å². The highest BCUT2D eigenvalue weighted by Gasteiger charge is 2.60. The molecule has 0 aliphatic carbocycles. The minimum Gasteiger partial charge on any atom is -0.479 e. The second-order valence-corrected chi connectivity index (χ2v) is 6.65. The molecule has 2 fully saturated rings. The Labute approximate surface area is 155 Å². The summed E-state index contributed by atoms with van der Waals surface area (Å²) in [5, 5.41) is 12.3. The van der Waals surface area contributed by atoms with E-state index in [0.29, 0.717) is 31.3 Å². The number of amides is 2. The topological polar surface area (TPSA) is 108 Å². The lowest BCUT2D eigenvalue weighted by molar-refractivity contribution is -0.150. The standard InChI is InChI=1S/C17H19ClN2O6/c18-12-3-1-11(2-4-12)9-13(14(21)20-5-7-25-8-6-20)19-15(22)17(10-26-17)16(23)24/h1-4,13H,5-10H2,(H,19,22)(H,23,24)/t13-,17-/m0/s1. The number of aliphatic carboxylic acids is 1. The molecular weight excluding hydrogens is 364 g/mol. The molecule has 1 aromatic carbocycles. The van der Waals surface area contributed by atoms with Crippen LogP contribution in [0.25, 0.3) is 0 Å². The fraction of sp³-hybridized carbons (Fsp3) is 0.471. The number of halogens is 1. The molecule has 2 N–H and O–H groups in total. The minimum absolute atomic E-state index is 0.201. The molecule has 0 spiro atoms. The fourth-order valence-electron chi connectivity index (χ4n) is 2.76. The molecule has 9 heteroatoms. The van der Waals surface area contributed by atoms with Gasteiger partial charge in [-0.3, -0.25) is 9.59 Å². The van der Waals surface area contributed by atoms with Crippen molar-refractivity contribution in [3.05, 3.63) is 34.9 Å². The second kappa shape index (κ2) is 7.61. The van der Waals surface area contributed by atoms with E-state index in [4.69, 9.17) is 21.1 Å². The van der Waals surface area contributed by atoms with Crippen molar-refractivity contribution in [1.82, 2.24) is 10.2 Å². The van der Waals surface area contributed by atoms with Gasteiger partial charge in [0.2, 0.25) is 5.91 Å². The Kier molecular flexibility index (Phi) is 5.45. The number of carboxylic acids is 1. The van der Waals surface area contributed by atoms with E-state index in [1.165, 1.54) is 0 Å². The van der Waals surface area contributed by atoms with Gasteiger partial charge in [0.1, 0.15) is 6.04 Å². The normalized spacial score (nSPS) is 23.2. The maximum Gasteiger partial charge on any atom is 0.348 e. The van der Waals surface area contributed by atoms with Crippen LogP contribution in [-0.4, -0.2) is 72.3 Å². The number of epoxide rings is 1. The van der Waals surface area contributed by atoms with Gasteiger partial charge in [-0.1, -0.05) is 23.7 Å². The number of rotatable bonds is 6. The van der Waals surface area contributed by atoms with E-state index in [1.807, 2.05) is 0 Å². The van der Waals surface area contributed by atoms with Crippen LogP contribution in [-0.2, 0) is 30.3 Å². The highest BCUT2D eigenvalue weighted by Crippen LogP contribution is 2.27. The van der Waals surface area contributed by atoms with Crippen molar-refractivity contribution < 1.29 is 29.0 Å². The first-order valence-electron chi connectivity index (χ1n) is 8.22. The third-order valence-corrected chi connectivity index (χ3v) is 4.68. The van der Waals surface area contributed by atoms with Crippen LogP contribution in [0.3, 0.4) is 0 Å². The number of ether oxygens (including phenoxy) is 2. The highest BCUT2D eigenvalue weighted by atomic mass is 35.5. The molecule has 0 radical (unpaired) electrons. The molecule has 8 nitrogen and oxygen atoms in total. The number of benzene rings is 1. The maximum atomic E-state index is 12.9. The molecule has 2 aliphatic heterocycles. The molecule has 2 aliphatic rings. The summed E-state index contributed by atoms with van der Waals surface area (Å²) in [5.41, 5.74) is -1.09. The fourth-order valence-corrected chi connectivity index (χ4v) is 2.89. The molecule has 140 valence electrons. The molecule has 3 rings (SSSR count). The summed E-state index contributed by atoms with van der Waals surface area (Å²) < 4.78 is 10.1. The van der Waals surface area contributed by atoms with E-state index in [1.54, 1.807) is 29.2 Å². The van der Waals surface area contributed by atoms with Crippen molar-refractivity contribution in [2.45, 2.75) is 18.1 Å². The smallest absolute Gasteiger partial charge is 0.348 e. The van der Waals surface area contributed by atoms with E-state index >= 15 is 0 Å². The Hall–Kier alpha value is -2.16. The number of hydrogen-bond acceptors (Lipinski definition) is 5. The molecule has 0 unspecified atom stereocenters. The van der Waals surface area contributed by atoms with Crippen molar-refractivity contribution >= 4 is 29.4 Å². The van der Waals surface area contributed by atoms with Crippen molar-refractivity contribution in [3.63, 3.8) is 0 Å². The van der Waals surface area contributed by atoms with Crippen molar-refractivity contribution in [2.24, 2.45) is 0 Å². The van der Waals surface area contributed by atoms with E-state index in [9.17, 15) is 19.5 Å². The molecule has 2 heterocycles. The number of nitrogens with one attached hydrogen (secondary N) is 1. The van der Waals surface area contributed by atoms with Crippen LogP contribution >= 0.6 is 11.6 Å². The maximum absolute atomic E-state index is 12.9. The van der Waals surface area contributed by atoms with Gasteiger partial charge < -0.3 is 24.8 Å². The molecule has 0 saturated carbocycles. The summed E-state index contributed by atoms with van der Waals surface area (Å²) in [6.45, 7) is 1.50. The third kappa shape index (κ3) is 3.98. The van der Waals surface area contributed by atoms with Gasteiger partial charge in [0.05, 0.1) is 19.8 Å². The van der Waals surface area contributed by atoms with E-state index < -0.39 is 23.5 Å². The molecular formula is C17H19ClN2O6. The first-order chi connectivity index (χ1) is 12.4. The Balaban J connectivity index is 1.76. The van der Waals surface area contributed by atoms with Crippen LogP contribution in [0.5, 0.6) is 0 Å². The quantitative estimate of drug-likeness (QED) is 0.533. The summed E-state index contributed by atoms with van der Waals surface area (Å²) in [5.74, 6) is -2.46. The van der Waals surface area contributed by atoms with Crippen LogP contribution in [0, 0.1) is 0 Å². The van der Waals surface area contributed by atoms with Crippen molar-refractivity contribution in [3.8, 4) is 0 Å². The number of carboxylic acid groups (broad SMARTS) is 1. The van der Waals surface area contributed by atoms with Gasteiger partial charge in [-0.15, -0.1) is 0 Å². The Bertz CT molecular complexity index is 698. The third-order valence-electron chi connectivity index (χ3n) is 4.42. The van der Waals surface area contributed by atoms with Gasteiger partial charge in [0.25, 0.3) is 11.5 Å². The van der Waals surface area contributed by atoms with Crippen LogP contribution in [0.15, 0.2) is 24.3 Å². The predicted octanol–water partition coefficient (Wildman–Crippen LogP) is 0.0797. The Morgan fingerprint density at radius 3 is 2.38 bits per heavy atom. The van der Waals surface area contributed by atoms with Crippen LogP contribution in [0.2, 0.25) is 5.02 Å². The van der Waals surface area contributed by atoms with Crippen LogP contribution in [0.4, 0.5) is 0 Å². The molecule has 2 amide bonds. The average molecular weight is 383 g/mol. The predicted molar refractivity (Wildman–Crippen MR) is 90.8 cm³/mol. The highest BCUT2D eigenvalue weighted by molar-refractivity contribution is 6.30. The van der Waals surface area contributed by atoms with Gasteiger partial charge in [0.15, 0.2) is 0 Å². The second-order valence-electron chi connectivity index (χ2n) is 6.22.